The Kier molecular flexibility index (Phi) is 3.78. The molecule has 0 aromatic carbocycles. The first-order valence-corrected chi connectivity index (χ1v) is 4.15. The van der Waals surface area contributed by atoms with Crippen LogP contribution in [0.15, 0.2) is 0 Å². The van der Waals surface area contributed by atoms with Gasteiger partial charge in [-0.05, 0) is 0 Å². The van der Waals surface area contributed by atoms with Crippen LogP contribution in [-0.2, 0) is 4.74 Å². The summed E-state index contributed by atoms with van der Waals surface area (Å²) in [4.78, 5) is 0. The first-order valence-electron chi connectivity index (χ1n) is 4.15. The lowest BCUT2D eigenvalue weighted by Gasteiger charge is -2.39. The Morgan fingerprint density at radius 1 is 1.00 bits per heavy atom. The van der Waals surface area contributed by atoms with E-state index >= 15 is 0 Å². The van der Waals surface area contributed by atoms with Gasteiger partial charge in [-0.2, -0.15) is 0 Å². The molecule has 6 atom stereocenters. The summed E-state index contributed by atoms with van der Waals surface area (Å²) >= 11 is 0. The minimum Gasteiger partial charge on any atom is -0.394 e. The van der Waals surface area contributed by atoms with E-state index in [1.807, 2.05) is 0 Å². The topological polar surface area (TPSA) is 131 Å². The van der Waals surface area contributed by atoms with Gasteiger partial charge in [-0.3, -0.25) is 0 Å². The summed E-state index contributed by atoms with van der Waals surface area (Å²) in [5, 5.41) is 54.3. The number of rotatable bonds is 2. The maximum Gasteiger partial charge on any atom is 0.184 e. The molecule has 0 spiro atoms. The molecule has 1 aliphatic rings. The zero-order valence-corrected chi connectivity index (χ0v) is 7.26. The van der Waals surface area contributed by atoms with Gasteiger partial charge >= 0.3 is 0 Å². The molecule has 1 saturated heterocycles. The number of aliphatic hydroxyl groups is 6. The molecule has 6 N–H and O–H groups in total. The van der Waals surface area contributed by atoms with Crippen LogP contribution in [-0.4, -0.2) is 74.1 Å². The smallest absolute Gasteiger partial charge is 0.184 e. The third-order valence-electron chi connectivity index (χ3n) is 2.19. The summed E-state index contributed by atoms with van der Waals surface area (Å²) in [6, 6.07) is 0. The van der Waals surface area contributed by atoms with Crippen molar-refractivity contribution in [3.8, 4) is 0 Å². The Bertz CT molecular complexity index is 187. The molecule has 0 saturated carbocycles. The Labute approximate surface area is 79.8 Å². The summed E-state index contributed by atoms with van der Waals surface area (Å²) < 4.78 is 4.62. The highest BCUT2D eigenvalue weighted by molar-refractivity contribution is 4.91. The van der Waals surface area contributed by atoms with Gasteiger partial charge in [0, 0.05) is 0 Å². The molecule has 0 radical (unpaired) electrons. The fraction of sp³-hybridized carbons (Fsp3) is 1.00. The van der Waals surface area contributed by atoms with E-state index in [1.165, 1.54) is 0 Å². The van der Waals surface area contributed by atoms with Crippen LogP contribution in [0.2, 0.25) is 0 Å². The van der Waals surface area contributed by atoms with Crippen LogP contribution in [0.1, 0.15) is 0 Å². The number of hydrogen-bond acceptors (Lipinski definition) is 7. The zero-order valence-electron chi connectivity index (χ0n) is 7.26. The molecule has 1 fully saturated rings. The number of hydrogen-bond donors (Lipinski definition) is 6. The molecule has 0 bridgehead atoms. The summed E-state index contributed by atoms with van der Waals surface area (Å²) in [5.74, 6) is 0. The molecule has 14 heavy (non-hydrogen) atoms. The van der Waals surface area contributed by atoms with Crippen molar-refractivity contribution in [2.75, 3.05) is 6.61 Å². The van der Waals surface area contributed by atoms with Crippen LogP contribution in [0, 0.1) is 0 Å². The maximum atomic E-state index is 9.31. The molecule has 1 aliphatic heterocycles. The normalized spacial score (nSPS) is 46.3. The van der Waals surface area contributed by atoms with Crippen LogP contribution in [0.5, 0.6) is 0 Å². The molecule has 84 valence electrons. The third kappa shape index (κ3) is 2.04. The second-order valence-electron chi connectivity index (χ2n) is 3.21. The van der Waals surface area contributed by atoms with E-state index in [1.54, 1.807) is 0 Å². The van der Waals surface area contributed by atoms with Gasteiger partial charge in [0.15, 0.2) is 6.29 Å². The van der Waals surface area contributed by atoms with Crippen molar-refractivity contribution in [2.45, 2.75) is 36.8 Å². The van der Waals surface area contributed by atoms with E-state index in [2.05, 4.69) is 4.74 Å². The van der Waals surface area contributed by atoms with E-state index in [0.29, 0.717) is 0 Å². The molecule has 0 aliphatic carbocycles. The van der Waals surface area contributed by atoms with E-state index in [0.717, 1.165) is 0 Å². The largest absolute Gasteiger partial charge is 0.394 e. The molecule has 0 unspecified atom stereocenters. The van der Waals surface area contributed by atoms with Gasteiger partial charge in [0.05, 0.1) is 6.61 Å². The van der Waals surface area contributed by atoms with E-state index < -0.39 is 43.4 Å². The van der Waals surface area contributed by atoms with Gasteiger partial charge in [-0.1, -0.05) is 0 Å². The van der Waals surface area contributed by atoms with E-state index in [4.69, 9.17) is 20.4 Å². The average molecular weight is 210 g/mol. The van der Waals surface area contributed by atoms with Crippen LogP contribution in [0.25, 0.3) is 0 Å². The van der Waals surface area contributed by atoms with Crippen LogP contribution in [0.4, 0.5) is 0 Å². The van der Waals surface area contributed by atoms with Crippen molar-refractivity contribution in [2.24, 2.45) is 0 Å². The van der Waals surface area contributed by atoms with Crippen LogP contribution >= 0.6 is 0 Å². The van der Waals surface area contributed by atoms with E-state index in [-0.39, 0.29) is 0 Å². The third-order valence-corrected chi connectivity index (χ3v) is 2.19. The Balaban J connectivity index is 2.70. The van der Waals surface area contributed by atoms with Gasteiger partial charge in [0.1, 0.15) is 30.5 Å². The quantitative estimate of drug-likeness (QED) is 0.275. The molecule has 0 aromatic heterocycles. The van der Waals surface area contributed by atoms with Crippen LogP contribution in [0.3, 0.4) is 0 Å². The standard InChI is InChI=1S/C7H14O7/c8-1-2(9)6-4(11)3(10)5(12)7(13)14-6/h2-13H,1H2/t2-,3-,4+,5-,6+,7+/m0/s1. The Hall–Kier alpha value is -0.280. The molecule has 7 heteroatoms. The fourth-order valence-electron chi connectivity index (χ4n) is 1.31. The summed E-state index contributed by atoms with van der Waals surface area (Å²) in [7, 11) is 0. The lowest BCUT2D eigenvalue weighted by Crippen LogP contribution is -2.61. The molecule has 1 rings (SSSR count). The maximum absolute atomic E-state index is 9.31. The average Bonchev–Trinajstić information content (AvgIpc) is 2.19. The number of aliphatic hydroxyl groups excluding tert-OH is 6. The van der Waals surface area contributed by atoms with Crippen LogP contribution < -0.4 is 0 Å². The number of ether oxygens (including phenoxy) is 1. The van der Waals surface area contributed by atoms with Crippen molar-refractivity contribution in [3.05, 3.63) is 0 Å². The molecular formula is C7H14O7. The molecule has 0 amide bonds. The molecule has 7 nitrogen and oxygen atoms in total. The summed E-state index contributed by atoms with van der Waals surface area (Å²) in [6.45, 7) is -0.683. The van der Waals surface area contributed by atoms with Gasteiger partial charge in [-0.15, -0.1) is 0 Å². The fourth-order valence-corrected chi connectivity index (χ4v) is 1.31. The first kappa shape index (κ1) is 11.8. The molecule has 0 aromatic rings. The minimum absolute atomic E-state index is 0.683. The SMILES string of the molecule is OC[C@H](O)[C@H]1O[C@@H](O)[C@@H](O)[C@@H](O)[C@H]1O. The van der Waals surface area contributed by atoms with Crippen molar-refractivity contribution in [1.82, 2.24) is 0 Å². The summed E-state index contributed by atoms with van der Waals surface area (Å²) in [6.07, 6.45) is -9.26. The molecular weight excluding hydrogens is 196 g/mol. The van der Waals surface area contributed by atoms with Crippen molar-refractivity contribution in [1.29, 1.82) is 0 Å². The van der Waals surface area contributed by atoms with Crippen molar-refractivity contribution < 1.29 is 35.4 Å². The highest BCUT2D eigenvalue weighted by Crippen LogP contribution is 2.21. The predicted molar refractivity (Wildman–Crippen MR) is 42.0 cm³/mol. The van der Waals surface area contributed by atoms with Gasteiger partial charge in [0.2, 0.25) is 0 Å². The van der Waals surface area contributed by atoms with Crippen molar-refractivity contribution >= 4 is 0 Å². The highest BCUT2D eigenvalue weighted by Gasteiger charge is 2.45. The van der Waals surface area contributed by atoms with Gasteiger partial charge in [-0.25, -0.2) is 0 Å². The Morgan fingerprint density at radius 2 is 1.57 bits per heavy atom. The van der Waals surface area contributed by atoms with E-state index in [9.17, 15) is 10.2 Å². The monoisotopic (exact) mass is 210 g/mol. The highest BCUT2D eigenvalue weighted by atomic mass is 16.6. The second-order valence-corrected chi connectivity index (χ2v) is 3.21. The van der Waals surface area contributed by atoms with Gasteiger partial charge in [0.25, 0.3) is 0 Å². The predicted octanol–water partition coefficient (Wildman–Crippen LogP) is -3.86. The lowest BCUT2D eigenvalue weighted by atomic mass is 9.96. The zero-order chi connectivity index (χ0) is 10.9. The van der Waals surface area contributed by atoms with Crippen molar-refractivity contribution in [3.63, 3.8) is 0 Å². The minimum atomic E-state index is -1.69. The lowest BCUT2D eigenvalue weighted by molar-refractivity contribution is -0.298. The Morgan fingerprint density at radius 3 is 2.07 bits per heavy atom. The molecule has 1 heterocycles. The summed E-state index contributed by atoms with van der Waals surface area (Å²) in [5.41, 5.74) is 0. The second kappa shape index (κ2) is 4.49. The first-order chi connectivity index (χ1) is 6.49. The van der Waals surface area contributed by atoms with Gasteiger partial charge < -0.3 is 35.4 Å².